The smallest absolute Gasteiger partial charge is 0.320 e. The van der Waals surface area contributed by atoms with Gasteiger partial charge < -0.3 is 15.6 Å². The first-order valence-corrected chi connectivity index (χ1v) is 10.2. The number of amidine groups is 1. The Labute approximate surface area is 186 Å². The second-order valence-electron chi connectivity index (χ2n) is 7.48. The second kappa shape index (κ2) is 7.87. The average molecular weight is 457 g/mol. The molecule has 1 saturated carbocycles. The van der Waals surface area contributed by atoms with Gasteiger partial charge in [-0.05, 0) is 31.1 Å². The third kappa shape index (κ3) is 3.67. The molecule has 3 atom stereocenters. The number of pyridine rings is 1. The fourth-order valence-electron chi connectivity index (χ4n) is 3.80. The Balaban J connectivity index is 1.66. The van der Waals surface area contributed by atoms with Crippen molar-refractivity contribution in [3.8, 4) is 18.2 Å². The molecule has 11 heteroatoms. The van der Waals surface area contributed by atoms with Crippen LogP contribution in [0.15, 0.2) is 29.6 Å². The number of thioether (sulfide) groups is 1. The van der Waals surface area contributed by atoms with Crippen LogP contribution < -0.4 is 10.5 Å². The van der Waals surface area contributed by atoms with E-state index in [0.717, 1.165) is 24.0 Å². The normalized spacial score (nSPS) is 26.5. The molecule has 3 unspecified atom stereocenters. The van der Waals surface area contributed by atoms with Gasteiger partial charge in [0.25, 0.3) is 0 Å². The van der Waals surface area contributed by atoms with E-state index in [0.29, 0.717) is 0 Å². The van der Waals surface area contributed by atoms with E-state index in [1.807, 2.05) is 0 Å². The molecule has 8 nitrogen and oxygen atoms in total. The summed E-state index contributed by atoms with van der Waals surface area (Å²) in [6.45, 7) is 1.62. The van der Waals surface area contributed by atoms with Crippen LogP contribution in [0.3, 0.4) is 0 Å². The van der Waals surface area contributed by atoms with Crippen LogP contribution in [-0.2, 0) is 10.3 Å². The van der Waals surface area contributed by atoms with Gasteiger partial charge in [0.1, 0.15) is 10.4 Å². The molecule has 32 heavy (non-hydrogen) atoms. The molecule has 164 valence electrons. The van der Waals surface area contributed by atoms with Crippen molar-refractivity contribution in [2.45, 2.75) is 23.6 Å². The molecule has 0 amide bonds. The van der Waals surface area contributed by atoms with Crippen LogP contribution in [0.25, 0.3) is 11.9 Å². The largest absolute Gasteiger partial charge is 0.480 e. The molecule has 3 heterocycles. The number of carboxylic acid groups (broad SMARTS) is 1. The molecule has 3 N–H and O–H groups in total. The number of hydrogen-bond acceptors (Lipinski definition) is 8. The maximum Gasteiger partial charge on any atom is 0.320 e. The van der Waals surface area contributed by atoms with Crippen molar-refractivity contribution in [2.24, 2.45) is 16.6 Å². The molecule has 4 rings (SSSR count). The third-order valence-corrected chi connectivity index (χ3v) is 6.75. The first kappa shape index (κ1) is 21.7. The van der Waals surface area contributed by atoms with Crippen molar-refractivity contribution in [1.29, 1.82) is 0 Å². The number of aliphatic carboxylic acids is 1. The quantitative estimate of drug-likeness (QED) is 0.501. The molecule has 2 aromatic rings. The first-order valence-electron chi connectivity index (χ1n) is 9.39. The summed E-state index contributed by atoms with van der Waals surface area (Å²) in [5, 5.41) is 9.69. The third-order valence-electron chi connectivity index (χ3n) is 5.45. The Morgan fingerprint density at radius 1 is 1.44 bits per heavy atom. The van der Waals surface area contributed by atoms with E-state index < -0.39 is 33.9 Å². The topological polar surface area (TPSA) is 124 Å². The maximum absolute atomic E-state index is 14.7. The fourth-order valence-corrected chi connectivity index (χ4v) is 5.12. The molecule has 0 aromatic carbocycles. The lowest BCUT2D eigenvalue weighted by molar-refractivity contribution is -0.137. The number of carbonyl (C=O) groups is 1. The Hall–Kier alpha value is -3.52. The number of nitrogens with zero attached hydrogens (tertiary/aromatic N) is 4. The fraction of sp³-hybridized carbons (Fsp3) is 0.286. The Kier molecular flexibility index (Phi) is 5.34. The summed E-state index contributed by atoms with van der Waals surface area (Å²) in [6, 6.07) is 1.39. The van der Waals surface area contributed by atoms with Crippen LogP contribution in [0.4, 0.5) is 8.78 Å². The van der Waals surface area contributed by atoms with Crippen LogP contribution in [-0.4, -0.2) is 42.5 Å². The van der Waals surface area contributed by atoms with E-state index >= 15 is 0 Å². The van der Waals surface area contributed by atoms with Crippen molar-refractivity contribution >= 4 is 34.8 Å². The number of terminal acetylenes is 1. The van der Waals surface area contributed by atoms with Crippen LogP contribution in [0.5, 0.6) is 5.88 Å². The SMILES string of the molecule is C#CCOc1cnc(/C(F)=C/c2cnc(F)c(C3(C)N=C(N)SC4(C(=O)O)CC43)c2)cn1. The summed E-state index contributed by atoms with van der Waals surface area (Å²) in [7, 11) is 0. The van der Waals surface area contributed by atoms with Crippen LogP contribution in [0.2, 0.25) is 0 Å². The van der Waals surface area contributed by atoms with E-state index in [1.54, 1.807) is 6.92 Å². The van der Waals surface area contributed by atoms with Crippen LogP contribution in [0, 0.1) is 24.2 Å². The number of halogens is 2. The summed E-state index contributed by atoms with van der Waals surface area (Å²) in [5.41, 5.74) is 4.83. The van der Waals surface area contributed by atoms with E-state index in [4.69, 9.17) is 16.9 Å². The van der Waals surface area contributed by atoms with Crippen molar-refractivity contribution in [2.75, 3.05) is 6.61 Å². The number of nitrogens with two attached hydrogens (primary N) is 1. The zero-order chi connectivity index (χ0) is 23.1. The Morgan fingerprint density at radius 2 is 2.22 bits per heavy atom. The minimum Gasteiger partial charge on any atom is -0.480 e. The molecular weight excluding hydrogens is 440 g/mol. The summed E-state index contributed by atoms with van der Waals surface area (Å²) >= 11 is 0.969. The number of aromatic nitrogens is 3. The van der Waals surface area contributed by atoms with E-state index in [1.165, 1.54) is 18.5 Å². The highest BCUT2D eigenvalue weighted by molar-refractivity contribution is 8.15. The monoisotopic (exact) mass is 457 g/mol. The summed E-state index contributed by atoms with van der Waals surface area (Å²) in [5.74, 6) is -0.641. The molecule has 1 aliphatic heterocycles. The minimum atomic E-state index is -1.25. The van der Waals surface area contributed by atoms with Gasteiger partial charge in [-0.1, -0.05) is 17.7 Å². The van der Waals surface area contributed by atoms with Crippen LogP contribution in [0.1, 0.15) is 30.2 Å². The van der Waals surface area contributed by atoms with Gasteiger partial charge in [-0.25, -0.2) is 19.3 Å². The summed E-state index contributed by atoms with van der Waals surface area (Å²) in [6.07, 6.45) is 10.1. The van der Waals surface area contributed by atoms with Gasteiger partial charge in [0.15, 0.2) is 17.6 Å². The van der Waals surface area contributed by atoms with E-state index in [9.17, 15) is 18.7 Å². The predicted molar refractivity (Wildman–Crippen MR) is 115 cm³/mol. The molecule has 0 spiro atoms. The molecule has 2 aromatic heterocycles. The molecule has 0 bridgehead atoms. The van der Waals surface area contributed by atoms with Crippen molar-refractivity contribution < 1.29 is 23.4 Å². The maximum atomic E-state index is 14.7. The highest BCUT2D eigenvalue weighted by Gasteiger charge is 2.71. The van der Waals surface area contributed by atoms with Gasteiger partial charge in [-0.2, -0.15) is 4.39 Å². The second-order valence-corrected chi connectivity index (χ2v) is 8.83. The number of rotatable bonds is 6. The zero-order valence-electron chi connectivity index (χ0n) is 16.7. The zero-order valence-corrected chi connectivity index (χ0v) is 17.6. The lowest BCUT2D eigenvalue weighted by Crippen LogP contribution is -2.39. The van der Waals surface area contributed by atoms with E-state index in [2.05, 4.69) is 25.9 Å². The van der Waals surface area contributed by atoms with Gasteiger partial charge in [-0.15, -0.1) is 6.42 Å². The lowest BCUT2D eigenvalue weighted by atomic mass is 9.86. The number of aliphatic imine (C=N–C) groups is 1. The summed E-state index contributed by atoms with van der Waals surface area (Å²) in [4.78, 5) is 27.7. The number of carboxylic acids is 1. The van der Waals surface area contributed by atoms with Crippen LogP contribution >= 0.6 is 11.8 Å². The molecule has 0 radical (unpaired) electrons. The van der Waals surface area contributed by atoms with Crippen molar-refractivity contribution in [3.63, 3.8) is 0 Å². The molecule has 1 aliphatic carbocycles. The predicted octanol–water partition coefficient (Wildman–Crippen LogP) is 2.61. The van der Waals surface area contributed by atoms with Gasteiger partial charge in [0.05, 0.1) is 17.9 Å². The molecule has 2 aliphatic rings. The summed E-state index contributed by atoms with van der Waals surface area (Å²) < 4.78 is 33.4. The lowest BCUT2D eigenvalue weighted by Gasteiger charge is -2.32. The Bertz CT molecular complexity index is 1200. The highest BCUT2D eigenvalue weighted by atomic mass is 32.2. The highest BCUT2D eigenvalue weighted by Crippen LogP contribution is 2.65. The van der Waals surface area contributed by atoms with Gasteiger partial charge in [-0.3, -0.25) is 9.79 Å². The average Bonchev–Trinajstić information content (AvgIpc) is 3.51. The first-order chi connectivity index (χ1) is 15.2. The number of hydrogen-bond donors (Lipinski definition) is 2. The molecular formula is C21H17F2N5O3S. The van der Waals surface area contributed by atoms with Crippen molar-refractivity contribution in [3.05, 3.63) is 47.4 Å². The molecule has 0 saturated heterocycles. The number of ether oxygens (including phenoxy) is 1. The number of fused-ring (bicyclic) bond motifs is 1. The molecule has 1 fully saturated rings. The standard InChI is InChI=1S/C21H17F2N5O3S/c1-3-4-31-16-10-25-14(9-26-16)13(22)6-11-5-12(17(23)27-8-11)20(2)15-7-21(15,18(29)30)32-19(24)28-20/h1,5-6,8-10,15H,4,7H2,2H3,(H2,24,28)(H,29,30)/b13-6-. The minimum absolute atomic E-state index is 0.00476. The van der Waals surface area contributed by atoms with Gasteiger partial charge >= 0.3 is 5.97 Å². The van der Waals surface area contributed by atoms with Gasteiger partial charge in [0.2, 0.25) is 11.8 Å². The van der Waals surface area contributed by atoms with Gasteiger partial charge in [0, 0.05) is 17.7 Å². The Morgan fingerprint density at radius 3 is 2.88 bits per heavy atom. The van der Waals surface area contributed by atoms with Crippen molar-refractivity contribution in [1.82, 2.24) is 15.0 Å². The van der Waals surface area contributed by atoms with E-state index in [-0.39, 0.29) is 40.9 Å².